The van der Waals surface area contributed by atoms with E-state index in [0.29, 0.717) is 0 Å². The Balaban J connectivity index is 2.16. The third-order valence-corrected chi connectivity index (χ3v) is 6.55. The summed E-state index contributed by atoms with van der Waals surface area (Å²) in [4.78, 5) is 2.92. The van der Waals surface area contributed by atoms with Gasteiger partial charge in [0.25, 0.3) is 10.0 Å². The summed E-state index contributed by atoms with van der Waals surface area (Å²) in [5.41, 5.74) is 10.9. The molecule has 0 amide bonds. The number of aromatic nitrogens is 2. The summed E-state index contributed by atoms with van der Waals surface area (Å²) in [6, 6.07) is -1.00. The van der Waals surface area contributed by atoms with Gasteiger partial charge in [0.05, 0.1) is 10.7 Å². The topological polar surface area (TPSA) is 136 Å². The molecule has 15 heteroatoms. The van der Waals surface area contributed by atoms with Crippen LogP contribution < -0.4 is 21.5 Å². The number of anilines is 2. The van der Waals surface area contributed by atoms with Crippen LogP contribution in [0.1, 0.15) is 13.3 Å². The average Bonchev–Trinajstić information content (AvgIpc) is 3.11. The zero-order valence-electron chi connectivity index (χ0n) is 15.5. The van der Waals surface area contributed by atoms with Gasteiger partial charge in [0.15, 0.2) is 0 Å². The SMILES string of the molecule is CC(N)C(CNc1cc(F)c(S(=O)(=O)Nc2ncns2)cc1Cl)CC(N)C(F)(F)F. The molecule has 1 aromatic heterocycles. The molecule has 8 nitrogen and oxygen atoms in total. The predicted octanol–water partition coefficient (Wildman–Crippen LogP) is 2.79. The van der Waals surface area contributed by atoms with Gasteiger partial charge < -0.3 is 16.8 Å². The Kier molecular flexibility index (Phi) is 7.85. The van der Waals surface area contributed by atoms with Crippen LogP contribution in [0.5, 0.6) is 0 Å². The Morgan fingerprint density at radius 2 is 1.97 bits per heavy atom. The number of nitrogens with one attached hydrogen (secondary N) is 2. The van der Waals surface area contributed by atoms with Crippen LogP contribution in [0.3, 0.4) is 0 Å². The van der Waals surface area contributed by atoms with Gasteiger partial charge in [-0.05, 0) is 31.4 Å². The minimum absolute atomic E-state index is 0.00439. The third-order valence-electron chi connectivity index (χ3n) is 4.17. The lowest BCUT2D eigenvalue weighted by Gasteiger charge is -2.26. The van der Waals surface area contributed by atoms with E-state index in [1.807, 2.05) is 0 Å². The van der Waals surface area contributed by atoms with E-state index in [9.17, 15) is 26.0 Å². The van der Waals surface area contributed by atoms with Crippen LogP contribution in [0, 0.1) is 11.7 Å². The molecule has 0 spiro atoms. The molecule has 1 aromatic carbocycles. The molecule has 3 atom stereocenters. The predicted molar refractivity (Wildman–Crippen MR) is 106 cm³/mol. The standard InChI is InChI=1S/C15H19ClF4N6O2S2/c1-7(21)8(2-13(22)15(18,19)20)5-23-11-4-10(17)12(3-9(11)16)30(27,28)26-14-24-6-25-29-14/h3-4,6-8,13,23H,2,5,21-22H2,1H3,(H,24,25,26). The van der Waals surface area contributed by atoms with Gasteiger partial charge in [0.1, 0.15) is 23.1 Å². The highest BCUT2D eigenvalue weighted by Gasteiger charge is 2.38. The molecule has 0 radical (unpaired) electrons. The number of sulfonamides is 1. The largest absolute Gasteiger partial charge is 0.403 e. The van der Waals surface area contributed by atoms with Crippen molar-refractivity contribution in [1.82, 2.24) is 9.36 Å². The van der Waals surface area contributed by atoms with E-state index in [2.05, 4.69) is 19.4 Å². The van der Waals surface area contributed by atoms with Gasteiger partial charge in [-0.1, -0.05) is 11.6 Å². The Labute approximate surface area is 179 Å². The van der Waals surface area contributed by atoms with Gasteiger partial charge in [0.2, 0.25) is 5.13 Å². The smallest absolute Gasteiger partial charge is 0.383 e. The molecule has 2 aromatic rings. The second-order valence-corrected chi connectivity index (χ2v) is 9.34. The summed E-state index contributed by atoms with van der Waals surface area (Å²) < 4.78 is 83.0. The van der Waals surface area contributed by atoms with Crippen molar-refractivity contribution in [3.05, 3.63) is 29.3 Å². The number of hydrogen-bond acceptors (Lipinski definition) is 8. The maximum absolute atomic E-state index is 14.5. The number of rotatable bonds is 9. The van der Waals surface area contributed by atoms with Gasteiger partial charge in [-0.25, -0.2) is 17.8 Å². The molecule has 1 heterocycles. The van der Waals surface area contributed by atoms with Crippen LogP contribution in [0.4, 0.5) is 28.4 Å². The number of alkyl halides is 3. The molecule has 6 N–H and O–H groups in total. The minimum Gasteiger partial charge on any atom is -0.383 e. The number of nitrogens with two attached hydrogens (primary N) is 2. The third kappa shape index (κ3) is 6.38. The van der Waals surface area contributed by atoms with Gasteiger partial charge in [-0.3, -0.25) is 4.72 Å². The zero-order chi connectivity index (χ0) is 22.7. The first-order chi connectivity index (χ1) is 13.8. The van der Waals surface area contributed by atoms with Crippen LogP contribution in [-0.2, 0) is 10.0 Å². The summed E-state index contributed by atoms with van der Waals surface area (Å²) in [7, 11) is -4.32. The monoisotopic (exact) mass is 490 g/mol. The Morgan fingerprint density at radius 1 is 1.30 bits per heavy atom. The lowest BCUT2D eigenvalue weighted by molar-refractivity contribution is -0.151. The van der Waals surface area contributed by atoms with Crippen molar-refractivity contribution in [2.24, 2.45) is 17.4 Å². The Hall–Kier alpha value is -1.74. The van der Waals surface area contributed by atoms with Crippen LogP contribution >= 0.6 is 23.1 Å². The van der Waals surface area contributed by atoms with Crippen molar-refractivity contribution in [3.8, 4) is 0 Å². The summed E-state index contributed by atoms with van der Waals surface area (Å²) in [5, 5.41) is 2.49. The zero-order valence-corrected chi connectivity index (χ0v) is 17.8. The van der Waals surface area contributed by atoms with Gasteiger partial charge in [-0.15, -0.1) is 0 Å². The van der Waals surface area contributed by atoms with E-state index < -0.39 is 51.3 Å². The molecule has 0 saturated heterocycles. The molecule has 0 saturated carbocycles. The van der Waals surface area contributed by atoms with Gasteiger partial charge in [0, 0.05) is 24.1 Å². The first-order valence-corrected chi connectivity index (χ1v) is 11.0. The molecule has 2 rings (SSSR count). The van der Waals surface area contributed by atoms with E-state index in [4.69, 9.17) is 23.1 Å². The summed E-state index contributed by atoms with van der Waals surface area (Å²) in [6.07, 6.45) is -3.91. The van der Waals surface area contributed by atoms with Crippen molar-refractivity contribution in [2.75, 3.05) is 16.6 Å². The lowest BCUT2D eigenvalue weighted by Crippen LogP contribution is -2.43. The lowest BCUT2D eigenvalue weighted by atomic mass is 9.93. The highest BCUT2D eigenvalue weighted by atomic mass is 35.5. The molecule has 168 valence electrons. The molecule has 0 fully saturated rings. The van der Waals surface area contributed by atoms with Crippen LogP contribution in [0.15, 0.2) is 23.4 Å². The van der Waals surface area contributed by atoms with E-state index >= 15 is 0 Å². The molecule has 30 heavy (non-hydrogen) atoms. The molecular formula is C15H19ClF4N6O2S2. The minimum atomic E-state index is -4.58. The number of halogens is 5. The fourth-order valence-electron chi connectivity index (χ4n) is 2.44. The molecule has 0 aliphatic carbocycles. The first kappa shape index (κ1) is 24.5. The average molecular weight is 491 g/mol. The van der Waals surface area contributed by atoms with Crippen molar-refractivity contribution < 1.29 is 26.0 Å². The van der Waals surface area contributed by atoms with E-state index in [1.54, 1.807) is 0 Å². The Bertz CT molecular complexity index is 957. The highest BCUT2D eigenvalue weighted by Crippen LogP contribution is 2.30. The summed E-state index contributed by atoms with van der Waals surface area (Å²) >= 11 is 6.80. The molecule has 0 bridgehead atoms. The van der Waals surface area contributed by atoms with Crippen LogP contribution in [0.25, 0.3) is 0 Å². The van der Waals surface area contributed by atoms with Crippen LogP contribution in [0.2, 0.25) is 5.02 Å². The summed E-state index contributed by atoms with van der Waals surface area (Å²) in [6.45, 7) is 1.43. The normalized spacial score (nSPS) is 15.5. The van der Waals surface area contributed by atoms with Crippen molar-refractivity contribution in [3.63, 3.8) is 0 Å². The quantitative estimate of drug-likeness (QED) is 0.397. The summed E-state index contributed by atoms with van der Waals surface area (Å²) in [5.74, 6) is -1.83. The second kappa shape index (κ2) is 9.60. The fourth-order valence-corrected chi connectivity index (χ4v) is 4.49. The van der Waals surface area contributed by atoms with Gasteiger partial charge in [-0.2, -0.15) is 17.5 Å². The molecule has 3 unspecified atom stereocenters. The Morgan fingerprint density at radius 3 is 2.50 bits per heavy atom. The van der Waals surface area contributed by atoms with E-state index in [0.717, 1.165) is 30.0 Å². The molecular weight excluding hydrogens is 472 g/mol. The van der Waals surface area contributed by atoms with Crippen molar-refractivity contribution in [2.45, 2.75) is 36.5 Å². The van der Waals surface area contributed by atoms with Gasteiger partial charge >= 0.3 is 6.18 Å². The van der Waals surface area contributed by atoms with Crippen molar-refractivity contribution >= 4 is 44.0 Å². The number of benzene rings is 1. The second-order valence-electron chi connectivity index (χ2n) is 6.50. The van der Waals surface area contributed by atoms with Crippen LogP contribution in [-0.4, -0.2) is 42.6 Å². The molecule has 0 aliphatic heterocycles. The maximum Gasteiger partial charge on any atom is 0.403 e. The number of nitrogens with zero attached hydrogens (tertiary/aromatic N) is 2. The van der Waals surface area contributed by atoms with E-state index in [-0.39, 0.29) is 22.4 Å². The van der Waals surface area contributed by atoms with E-state index in [1.165, 1.54) is 6.92 Å². The maximum atomic E-state index is 14.5. The number of hydrogen-bond donors (Lipinski definition) is 4. The molecule has 0 aliphatic rings. The highest BCUT2D eigenvalue weighted by molar-refractivity contribution is 7.93. The van der Waals surface area contributed by atoms with Crippen molar-refractivity contribution in [1.29, 1.82) is 0 Å². The fraction of sp³-hybridized carbons (Fsp3) is 0.467. The first-order valence-electron chi connectivity index (χ1n) is 8.41.